The van der Waals surface area contributed by atoms with Crippen molar-refractivity contribution >= 4 is 23.2 Å². The van der Waals surface area contributed by atoms with Gasteiger partial charge in [0, 0.05) is 23.8 Å². The number of pyridine rings is 1. The number of esters is 1. The number of halogens is 1. The van der Waals surface area contributed by atoms with E-state index >= 15 is 0 Å². The van der Waals surface area contributed by atoms with Crippen molar-refractivity contribution in [2.24, 2.45) is 5.92 Å². The van der Waals surface area contributed by atoms with Gasteiger partial charge in [0.15, 0.2) is 5.69 Å². The predicted molar refractivity (Wildman–Crippen MR) is 112 cm³/mol. The molecule has 2 aliphatic rings. The van der Waals surface area contributed by atoms with E-state index < -0.39 is 5.97 Å². The molecule has 1 aliphatic heterocycles. The normalized spacial score (nSPS) is 17.4. The summed E-state index contributed by atoms with van der Waals surface area (Å²) in [5.74, 6) is 0.293. The highest BCUT2D eigenvalue weighted by molar-refractivity contribution is 6.05. The molecule has 0 radical (unpaired) electrons. The fraction of sp³-hybridized carbons (Fsp3) is 0.435. The summed E-state index contributed by atoms with van der Waals surface area (Å²) in [6.07, 6.45) is 5.07. The van der Waals surface area contributed by atoms with Crippen molar-refractivity contribution in [3.05, 3.63) is 53.0 Å². The second-order valence-electron chi connectivity index (χ2n) is 8.11. The van der Waals surface area contributed by atoms with Crippen LogP contribution in [0.3, 0.4) is 0 Å². The molecule has 1 saturated heterocycles. The molecule has 0 atom stereocenters. The summed E-state index contributed by atoms with van der Waals surface area (Å²) in [5, 5.41) is 14.2. The number of methoxy groups -OCH3 is 1. The van der Waals surface area contributed by atoms with E-state index in [1.54, 1.807) is 12.1 Å². The Hall–Kier alpha value is -2.64. The molecule has 1 aliphatic carbocycles. The maximum absolute atomic E-state index is 13.4. The van der Waals surface area contributed by atoms with Crippen LogP contribution in [-0.4, -0.2) is 36.9 Å². The maximum Gasteiger partial charge on any atom is 0.356 e. The smallest absolute Gasteiger partial charge is 0.356 e. The molecule has 0 spiro atoms. The molecule has 7 heteroatoms. The van der Waals surface area contributed by atoms with Gasteiger partial charge in [-0.3, -0.25) is 5.32 Å². The van der Waals surface area contributed by atoms with Crippen LogP contribution in [0.1, 0.15) is 59.6 Å². The van der Waals surface area contributed by atoms with E-state index in [4.69, 9.17) is 10.1 Å². The zero-order valence-electron chi connectivity index (χ0n) is 17.2. The number of piperidine rings is 1. The summed E-state index contributed by atoms with van der Waals surface area (Å²) in [6.45, 7) is 1.82. The van der Waals surface area contributed by atoms with Gasteiger partial charge >= 0.3 is 5.97 Å². The third-order valence-electron chi connectivity index (χ3n) is 6.21. The van der Waals surface area contributed by atoms with E-state index in [2.05, 4.69) is 10.3 Å². The minimum absolute atomic E-state index is 0.233. The number of nitrogens with two attached hydrogens (primary N) is 1. The van der Waals surface area contributed by atoms with E-state index in [1.807, 2.05) is 11.4 Å². The van der Waals surface area contributed by atoms with Gasteiger partial charge in [0.05, 0.1) is 12.7 Å². The van der Waals surface area contributed by atoms with Crippen molar-refractivity contribution in [3.8, 4) is 0 Å². The zero-order valence-corrected chi connectivity index (χ0v) is 17.2. The first-order chi connectivity index (χ1) is 14.6. The second-order valence-corrected chi connectivity index (χ2v) is 8.11. The Morgan fingerprint density at radius 2 is 1.90 bits per heavy atom. The Bertz CT molecular complexity index is 935. The Kier molecular flexibility index (Phi) is 6.20. The molecule has 4 rings (SSSR count). The quantitative estimate of drug-likeness (QED) is 0.387. The van der Waals surface area contributed by atoms with Crippen LogP contribution >= 0.6 is 0 Å². The topological polar surface area (TPSA) is 91.7 Å². The number of rotatable bonds is 6. The number of nitrogens with zero attached hydrogens (tertiary/aromatic N) is 1. The first-order valence-corrected chi connectivity index (χ1v) is 10.6. The number of ether oxygens (including phenoxy) is 1. The SMILES string of the molecule is COC(=O)c1cc(C2CCNCC2)c(C(=N)C2CCC2)c([NH2+]c2ccc(F)cc2)n1. The highest BCUT2D eigenvalue weighted by Crippen LogP contribution is 2.37. The summed E-state index contributed by atoms with van der Waals surface area (Å²) >= 11 is 0. The summed E-state index contributed by atoms with van der Waals surface area (Å²) in [4.78, 5) is 17.0. The van der Waals surface area contributed by atoms with Gasteiger partial charge < -0.3 is 15.5 Å². The van der Waals surface area contributed by atoms with E-state index in [-0.39, 0.29) is 23.3 Å². The van der Waals surface area contributed by atoms with Crippen LogP contribution in [0.15, 0.2) is 30.3 Å². The molecule has 158 valence electrons. The van der Waals surface area contributed by atoms with Crippen LogP contribution in [-0.2, 0) is 4.74 Å². The van der Waals surface area contributed by atoms with Crippen molar-refractivity contribution in [1.29, 1.82) is 5.41 Å². The molecular weight excluding hydrogens is 383 g/mol. The van der Waals surface area contributed by atoms with Gasteiger partial charge in [0.1, 0.15) is 11.5 Å². The summed E-state index contributed by atoms with van der Waals surface area (Å²) in [6, 6.07) is 8.00. The van der Waals surface area contributed by atoms with Crippen molar-refractivity contribution in [2.75, 3.05) is 20.2 Å². The number of hydrogen-bond donors (Lipinski definition) is 3. The third kappa shape index (κ3) is 4.27. The Balaban J connectivity index is 1.83. The van der Waals surface area contributed by atoms with Gasteiger partial charge in [0.2, 0.25) is 5.82 Å². The highest BCUT2D eigenvalue weighted by Gasteiger charge is 2.33. The number of nitrogens with one attached hydrogen (secondary N) is 2. The van der Waals surface area contributed by atoms with Crippen LogP contribution in [0.5, 0.6) is 0 Å². The molecule has 1 aromatic heterocycles. The Morgan fingerprint density at radius 1 is 1.20 bits per heavy atom. The Morgan fingerprint density at radius 3 is 2.50 bits per heavy atom. The summed E-state index contributed by atoms with van der Waals surface area (Å²) in [7, 11) is 1.35. The van der Waals surface area contributed by atoms with Gasteiger partial charge in [0.25, 0.3) is 0 Å². The number of aromatic nitrogens is 1. The molecule has 0 amide bonds. The standard InChI is InChI=1S/C23H27FN4O2/c1-30-23(29)19-13-18(14-9-11-26-12-10-14)20(21(25)15-3-2-4-15)22(28-19)27-17-7-5-16(24)6-8-17/h5-8,13-15,25-26H,2-4,9-12H2,1H3,(H,27,28)/p+1. The molecule has 2 aromatic rings. The lowest BCUT2D eigenvalue weighted by atomic mass is 9.76. The van der Waals surface area contributed by atoms with Gasteiger partial charge in [-0.1, -0.05) is 6.42 Å². The van der Waals surface area contributed by atoms with Gasteiger partial charge in [-0.15, -0.1) is 0 Å². The largest absolute Gasteiger partial charge is 0.464 e. The highest BCUT2D eigenvalue weighted by atomic mass is 19.1. The van der Waals surface area contributed by atoms with Crippen LogP contribution in [0.2, 0.25) is 0 Å². The average molecular weight is 412 g/mol. The first kappa shape index (κ1) is 20.6. The lowest BCUT2D eigenvalue weighted by molar-refractivity contribution is -0.483. The van der Waals surface area contributed by atoms with E-state index in [0.29, 0.717) is 11.5 Å². The molecule has 2 heterocycles. The average Bonchev–Trinajstić information content (AvgIpc) is 2.73. The van der Waals surface area contributed by atoms with Crippen LogP contribution in [0.4, 0.5) is 15.9 Å². The van der Waals surface area contributed by atoms with Crippen molar-refractivity contribution in [3.63, 3.8) is 0 Å². The van der Waals surface area contributed by atoms with Crippen molar-refractivity contribution < 1.29 is 19.2 Å². The van der Waals surface area contributed by atoms with E-state index in [9.17, 15) is 9.18 Å². The lowest BCUT2D eigenvalue weighted by Gasteiger charge is -2.30. The fourth-order valence-corrected chi connectivity index (χ4v) is 4.27. The number of quaternary nitrogens is 1. The summed E-state index contributed by atoms with van der Waals surface area (Å²) in [5.41, 5.74) is 3.49. The molecule has 1 aromatic carbocycles. The molecular formula is C23H28FN4O2+. The molecule has 6 nitrogen and oxygen atoms in total. The molecule has 0 bridgehead atoms. The fourth-order valence-electron chi connectivity index (χ4n) is 4.27. The van der Waals surface area contributed by atoms with E-state index in [1.165, 1.54) is 19.2 Å². The first-order valence-electron chi connectivity index (χ1n) is 10.6. The zero-order chi connectivity index (χ0) is 21.1. The molecule has 2 fully saturated rings. The molecule has 4 N–H and O–H groups in total. The van der Waals surface area contributed by atoms with Crippen LogP contribution in [0.25, 0.3) is 0 Å². The number of carbonyl (C=O) groups excluding carboxylic acids is 1. The van der Waals surface area contributed by atoms with E-state index in [0.717, 1.165) is 62.0 Å². The van der Waals surface area contributed by atoms with Crippen LogP contribution in [0, 0.1) is 17.1 Å². The predicted octanol–water partition coefficient (Wildman–Crippen LogP) is 3.17. The van der Waals surface area contributed by atoms with Gasteiger partial charge in [-0.2, -0.15) is 4.98 Å². The molecule has 1 saturated carbocycles. The minimum Gasteiger partial charge on any atom is -0.464 e. The lowest BCUT2D eigenvalue weighted by Crippen LogP contribution is -2.72. The van der Waals surface area contributed by atoms with Crippen LogP contribution < -0.4 is 10.6 Å². The van der Waals surface area contributed by atoms with Crippen molar-refractivity contribution in [1.82, 2.24) is 10.3 Å². The molecule has 30 heavy (non-hydrogen) atoms. The van der Waals surface area contributed by atoms with Gasteiger partial charge in [-0.25, -0.2) is 9.18 Å². The maximum atomic E-state index is 13.4. The minimum atomic E-state index is -0.485. The number of hydrogen-bond acceptors (Lipinski definition) is 5. The third-order valence-corrected chi connectivity index (χ3v) is 6.21. The second kappa shape index (κ2) is 9.02. The Labute approximate surface area is 175 Å². The molecule has 0 unspecified atom stereocenters. The van der Waals surface area contributed by atoms with Gasteiger partial charge in [-0.05, 0) is 68.5 Å². The number of carbonyl (C=O) groups is 1. The monoisotopic (exact) mass is 411 g/mol. The van der Waals surface area contributed by atoms with Crippen molar-refractivity contribution in [2.45, 2.75) is 38.0 Å². The summed E-state index contributed by atoms with van der Waals surface area (Å²) < 4.78 is 18.3. The number of benzene rings is 1.